The molecule has 19 unspecified atom stereocenters. The second-order valence-electron chi connectivity index (χ2n) is 27.6. The van der Waals surface area contributed by atoms with Crippen molar-refractivity contribution in [1.29, 1.82) is 0 Å². The lowest BCUT2D eigenvalue weighted by Gasteiger charge is -2.42. The van der Waals surface area contributed by atoms with Gasteiger partial charge in [-0.2, -0.15) is 0 Å². The van der Waals surface area contributed by atoms with Gasteiger partial charge in [0.1, 0.15) is 91.2 Å². The van der Waals surface area contributed by atoms with Gasteiger partial charge in [-0.25, -0.2) is 0 Å². The summed E-state index contributed by atoms with van der Waals surface area (Å²) >= 11 is 0. The standard InChI is InChI=1S/C68H121N9O30/c1-39(82)73-54-60(92)57(89)47(36-79)104-65(54)100-30-27-97-24-21-69-51(86)19-17-43(63(95)70-22-25-98-28-31-101-66-55(74-40(2)83)61(93)58(90)48(37-80)105-66)77-53(88)20-18-44(64(96)71-23-26-99-29-32-102-67-56(75-41(3)84)62(94)59(91)49(38-81)106-67)76-52(87)16-14-12-10-8-7-9-11-13-15-50(85)72-34-42-33-45(46(35-78)103-42)107-68(4,5)6/h42-49,54-62,65-67,78-81,89-94H,7-38H2,1-6H3,(H,69,86)(H,70,95)(H,71,96)(H,72,85)(H,73,82)(H,74,83)(H,75,84)(H,76,87)(H,77,88)/t42?,43?,44?,45?,46?,47?,48-,49?,54?,55?,56?,57?,58?,59?,60?,61?,62?,65?,66?,67?/m1/s1. The molecular formula is C68H121N9O30. The fourth-order valence-electron chi connectivity index (χ4n) is 12.1. The summed E-state index contributed by atoms with van der Waals surface area (Å²) in [5.41, 5.74) is -0.404. The Bertz CT molecular complexity index is 2640. The number of aliphatic hydroxyl groups excluding tert-OH is 10. The van der Waals surface area contributed by atoms with E-state index >= 15 is 0 Å². The smallest absolute Gasteiger partial charge is 0.242 e. The Kier molecular flexibility index (Phi) is 44.7. The topological polar surface area (TPSA) is 566 Å². The van der Waals surface area contributed by atoms with E-state index in [1.807, 2.05) is 20.8 Å². The Balaban J connectivity index is 1.32. The zero-order valence-corrected chi connectivity index (χ0v) is 62.3. The number of nitrogens with one attached hydrogen (secondary N) is 9. The predicted octanol–water partition coefficient (Wildman–Crippen LogP) is -6.85. The first kappa shape index (κ1) is 93.8. The van der Waals surface area contributed by atoms with Gasteiger partial charge in [-0.15, -0.1) is 0 Å². The zero-order chi connectivity index (χ0) is 79.0. The molecule has 4 rings (SSSR count). The van der Waals surface area contributed by atoms with E-state index < -0.39 is 189 Å². The van der Waals surface area contributed by atoms with Crippen LogP contribution in [-0.2, 0) is 95.3 Å². The number of hydrogen-bond donors (Lipinski definition) is 19. The van der Waals surface area contributed by atoms with Crippen molar-refractivity contribution in [3.8, 4) is 0 Å². The zero-order valence-electron chi connectivity index (χ0n) is 62.3. The van der Waals surface area contributed by atoms with E-state index in [0.29, 0.717) is 38.6 Å². The first-order valence-corrected chi connectivity index (χ1v) is 36.9. The lowest BCUT2D eigenvalue weighted by molar-refractivity contribution is -0.272. The number of carbonyl (C=O) groups excluding carboxylic acids is 9. The fraction of sp³-hybridized carbons (Fsp3) is 0.868. The minimum absolute atomic E-state index is 0.0226. The molecule has 19 N–H and O–H groups in total. The quantitative estimate of drug-likeness (QED) is 0.0252. The van der Waals surface area contributed by atoms with E-state index in [0.717, 1.165) is 32.1 Å². The summed E-state index contributed by atoms with van der Waals surface area (Å²) in [5.74, 6) is -4.89. The number of ether oxygens (including phenoxy) is 11. The normalized spacial score (nSPS) is 27.8. The van der Waals surface area contributed by atoms with Crippen molar-refractivity contribution in [3.63, 3.8) is 0 Å². The monoisotopic (exact) mass is 1540 g/mol. The maximum atomic E-state index is 13.8. The second-order valence-corrected chi connectivity index (χ2v) is 27.6. The van der Waals surface area contributed by atoms with Crippen LogP contribution >= 0.6 is 0 Å². The van der Waals surface area contributed by atoms with Gasteiger partial charge in [0.25, 0.3) is 0 Å². The largest absolute Gasteiger partial charge is 0.394 e. The van der Waals surface area contributed by atoms with Crippen molar-refractivity contribution in [3.05, 3.63) is 0 Å². The van der Waals surface area contributed by atoms with Crippen LogP contribution in [0.3, 0.4) is 0 Å². The average Bonchev–Trinajstić information content (AvgIpc) is 1.61. The van der Waals surface area contributed by atoms with Crippen molar-refractivity contribution >= 4 is 53.2 Å². The summed E-state index contributed by atoms with van der Waals surface area (Å²) in [7, 11) is 0. The number of rotatable bonds is 52. The molecular weight excluding hydrogens is 1420 g/mol. The predicted molar refractivity (Wildman–Crippen MR) is 372 cm³/mol. The summed E-state index contributed by atoms with van der Waals surface area (Å²) in [6.45, 7) is 6.38. The summed E-state index contributed by atoms with van der Waals surface area (Å²) in [5, 5.41) is 125. The molecule has 0 aromatic rings. The molecule has 39 heteroatoms. The molecule has 4 aliphatic heterocycles. The Morgan fingerprint density at radius 3 is 1.10 bits per heavy atom. The molecule has 39 nitrogen and oxygen atoms in total. The lowest BCUT2D eigenvalue weighted by Crippen LogP contribution is -2.64. The molecule has 4 aliphatic rings. The number of amides is 9. The summed E-state index contributed by atoms with van der Waals surface area (Å²) in [6, 6.07) is -6.17. The average molecular weight is 1540 g/mol. The molecule has 107 heavy (non-hydrogen) atoms. The van der Waals surface area contributed by atoms with Crippen LogP contribution in [0.15, 0.2) is 0 Å². The molecule has 4 heterocycles. The number of hydrogen-bond acceptors (Lipinski definition) is 30. The van der Waals surface area contributed by atoms with E-state index in [-0.39, 0.29) is 130 Å². The highest BCUT2D eigenvalue weighted by molar-refractivity contribution is 5.90. The van der Waals surface area contributed by atoms with Gasteiger partial charge in [0.05, 0.1) is 104 Å². The van der Waals surface area contributed by atoms with Crippen LogP contribution in [0.25, 0.3) is 0 Å². The molecule has 618 valence electrons. The van der Waals surface area contributed by atoms with Crippen LogP contribution in [0.4, 0.5) is 0 Å². The lowest BCUT2D eigenvalue weighted by atomic mass is 9.97. The molecule has 0 bridgehead atoms. The molecule has 0 spiro atoms. The van der Waals surface area contributed by atoms with Crippen LogP contribution in [0.1, 0.15) is 138 Å². The highest BCUT2D eigenvalue weighted by atomic mass is 16.7. The molecule has 0 radical (unpaired) electrons. The summed E-state index contributed by atoms with van der Waals surface area (Å²) in [4.78, 5) is 116. The van der Waals surface area contributed by atoms with Gasteiger partial charge < -0.3 is 151 Å². The third-order valence-corrected chi connectivity index (χ3v) is 17.6. The van der Waals surface area contributed by atoms with Gasteiger partial charge in [0.2, 0.25) is 53.2 Å². The van der Waals surface area contributed by atoms with E-state index in [4.69, 9.17) is 52.1 Å². The van der Waals surface area contributed by atoms with Crippen molar-refractivity contribution < 1.29 is 146 Å². The van der Waals surface area contributed by atoms with Crippen LogP contribution in [0, 0.1) is 0 Å². The van der Waals surface area contributed by atoms with Crippen LogP contribution in [-0.4, -0.2) is 344 Å². The molecule has 4 saturated heterocycles. The Hall–Kier alpha value is -5.61. The Labute approximate surface area is 623 Å². The van der Waals surface area contributed by atoms with Gasteiger partial charge in [-0.05, 0) is 46.5 Å². The van der Waals surface area contributed by atoms with Gasteiger partial charge in [0, 0.05) is 79.1 Å². The van der Waals surface area contributed by atoms with Gasteiger partial charge >= 0.3 is 0 Å². The Morgan fingerprint density at radius 2 is 0.738 bits per heavy atom. The van der Waals surface area contributed by atoms with Crippen LogP contribution in [0.2, 0.25) is 0 Å². The molecule has 0 aliphatic carbocycles. The first-order chi connectivity index (χ1) is 51.0. The van der Waals surface area contributed by atoms with Crippen molar-refractivity contribution in [2.75, 3.05) is 112 Å². The minimum Gasteiger partial charge on any atom is -0.394 e. The minimum atomic E-state index is -1.54. The van der Waals surface area contributed by atoms with Crippen molar-refractivity contribution in [2.24, 2.45) is 0 Å². The van der Waals surface area contributed by atoms with Gasteiger partial charge in [-0.1, -0.05) is 38.5 Å². The van der Waals surface area contributed by atoms with Crippen LogP contribution < -0.4 is 47.9 Å². The molecule has 0 aromatic heterocycles. The highest BCUT2D eigenvalue weighted by Gasteiger charge is 2.48. The fourth-order valence-corrected chi connectivity index (χ4v) is 12.1. The molecule has 0 aromatic carbocycles. The first-order valence-electron chi connectivity index (χ1n) is 36.9. The van der Waals surface area contributed by atoms with Crippen LogP contribution in [0.5, 0.6) is 0 Å². The van der Waals surface area contributed by atoms with Crippen molar-refractivity contribution in [2.45, 2.75) is 266 Å². The molecule has 20 atom stereocenters. The highest BCUT2D eigenvalue weighted by Crippen LogP contribution is 2.28. The SMILES string of the molecule is CC(=O)NC1C(OCCOCCNC(=O)CCC(NC(=O)CCC(NC(=O)CCCCCCCCCCC(=O)NCC2CC(OC(C)(C)C)C(CO)O2)C(=O)NCCOCCOC2OC(CO)C(O)C(O)C2NC(C)=O)C(=O)NCCOCCOC2O[C@H](CO)C(O)C(O)C2NC(C)=O)OC(CO)C(O)C1O. The Morgan fingerprint density at radius 1 is 0.402 bits per heavy atom. The maximum absolute atomic E-state index is 13.8. The molecule has 0 saturated carbocycles. The second kappa shape index (κ2) is 51.0. The number of aliphatic hydroxyl groups is 10. The van der Waals surface area contributed by atoms with Gasteiger partial charge in [0.15, 0.2) is 18.9 Å². The van der Waals surface area contributed by atoms with E-state index in [1.54, 1.807) is 0 Å². The van der Waals surface area contributed by atoms with E-state index in [2.05, 4.69) is 47.9 Å². The van der Waals surface area contributed by atoms with E-state index in [1.165, 1.54) is 20.8 Å². The van der Waals surface area contributed by atoms with Gasteiger partial charge in [-0.3, -0.25) is 43.2 Å². The molecule has 9 amide bonds. The summed E-state index contributed by atoms with van der Waals surface area (Å²) in [6.07, 6.45) is -11.6. The van der Waals surface area contributed by atoms with E-state index in [9.17, 15) is 94.2 Å². The number of carbonyl (C=O) groups is 9. The maximum Gasteiger partial charge on any atom is 0.242 e. The summed E-state index contributed by atoms with van der Waals surface area (Å²) < 4.78 is 62.4. The third kappa shape index (κ3) is 35.5. The third-order valence-electron chi connectivity index (χ3n) is 17.6. The number of unbranched alkanes of at least 4 members (excludes halogenated alkanes) is 7. The molecule has 4 fully saturated rings. The van der Waals surface area contributed by atoms with Crippen molar-refractivity contribution in [1.82, 2.24) is 47.9 Å².